The van der Waals surface area contributed by atoms with Gasteiger partial charge in [-0.05, 0) is 18.8 Å². The minimum Gasteiger partial charge on any atom is -0.391 e. The Hall–Kier alpha value is -0.0700. The van der Waals surface area contributed by atoms with Gasteiger partial charge in [-0.25, -0.2) is 13.7 Å². The monoisotopic (exact) mass is 394 g/mol. The molecule has 1 saturated carbocycles. The highest BCUT2D eigenvalue weighted by atomic mass is 31.3. The van der Waals surface area contributed by atoms with E-state index in [0.717, 1.165) is 0 Å². The lowest BCUT2D eigenvalue weighted by Crippen LogP contribution is -2.33. The molecule has 0 aliphatic heterocycles. The summed E-state index contributed by atoms with van der Waals surface area (Å²) in [7, 11) is -16.3. The van der Waals surface area contributed by atoms with E-state index in [0.29, 0.717) is 6.42 Å². The zero-order valence-electron chi connectivity index (χ0n) is 11.9. The van der Waals surface area contributed by atoms with Crippen LogP contribution >= 0.6 is 23.5 Å². The molecule has 0 spiro atoms. The Morgan fingerprint density at radius 2 is 1.74 bits per heavy atom. The van der Waals surface area contributed by atoms with Gasteiger partial charge in [0.05, 0.1) is 18.1 Å². The molecule has 0 bridgehead atoms. The molecule has 1 aliphatic rings. The Bertz CT molecular complexity index is 621. The zero-order valence-corrected chi connectivity index (χ0v) is 14.6. The first-order valence-electron chi connectivity index (χ1n) is 6.14. The summed E-state index contributed by atoms with van der Waals surface area (Å²) >= 11 is 0. The van der Waals surface area contributed by atoms with Crippen LogP contribution in [0.3, 0.4) is 0 Å². The van der Waals surface area contributed by atoms with E-state index < -0.39 is 41.6 Å². The summed E-state index contributed by atoms with van der Waals surface area (Å²) in [6.45, 7) is 1.13. The summed E-state index contributed by atoms with van der Waals surface area (Å²) in [6, 6.07) is 0. The highest BCUT2D eigenvalue weighted by Crippen LogP contribution is 2.66. The normalized spacial score (nSPS) is 33.6. The lowest BCUT2D eigenvalue weighted by atomic mass is 9.85. The van der Waals surface area contributed by atoms with E-state index in [1.165, 1.54) is 0 Å². The number of hydrogen-bond donors (Lipinski definition) is 5. The van der Waals surface area contributed by atoms with Crippen LogP contribution in [0.4, 0.5) is 0 Å². The van der Waals surface area contributed by atoms with Crippen molar-refractivity contribution in [1.82, 2.24) is 0 Å². The number of hydrogen-bond acceptors (Lipinski definition) is 7. The second-order valence-corrected chi connectivity index (χ2v) is 9.65. The molecule has 5 N–H and O–H groups in total. The van der Waals surface area contributed by atoms with Crippen LogP contribution in [-0.4, -0.2) is 37.4 Å². The van der Waals surface area contributed by atoms with Gasteiger partial charge in [0, 0.05) is 0 Å². The van der Waals surface area contributed by atoms with Gasteiger partial charge in [0.2, 0.25) is 0 Å². The molecule has 0 aromatic heterocycles. The molecule has 1 fully saturated rings. The largest absolute Gasteiger partial charge is 0.490 e. The minimum absolute atomic E-state index is 0.0191. The quantitative estimate of drug-likeness (QED) is 0.303. The summed E-state index contributed by atoms with van der Waals surface area (Å²) in [5.41, 5.74) is -1.29. The third-order valence-electron chi connectivity index (χ3n) is 3.16. The molecule has 0 aromatic rings. The predicted molar refractivity (Wildman–Crippen MR) is 75.5 cm³/mol. The molecular weight excluding hydrogens is 377 g/mol. The van der Waals surface area contributed by atoms with Gasteiger partial charge in [0.1, 0.15) is 0 Å². The molecule has 11 nitrogen and oxygen atoms in total. The fourth-order valence-electron chi connectivity index (χ4n) is 2.30. The van der Waals surface area contributed by atoms with E-state index >= 15 is 0 Å². The van der Waals surface area contributed by atoms with E-state index in [4.69, 9.17) is 21.1 Å². The summed E-state index contributed by atoms with van der Waals surface area (Å²) in [6.07, 6.45) is 4.92. The van der Waals surface area contributed by atoms with Crippen LogP contribution in [-0.2, 0) is 26.8 Å². The van der Waals surface area contributed by atoms with Crippen molar-refractivity contribution in [3.8, 4) is 12.3 Å². The highest BCUT2D eigenvalue weighted by Gasteiger charge is 2.47. The lowest BCUT2D eigenvalue weighted by molar-refractivity contribution is 0.0443. The van der Waals surface area contributed by atoms with E-state index in [2.05, 4.69) is 19.1 Å². The van der Waals surface area contributed by atoms with Crippen molar-refractivity contribution < 1.29 is 51.5 Å². The van der Waals surface area contributed by atoms with Crippen molar-refractivity contribution >= 4 is 23.5 Å². The van der Waals surface area contributed by atoms with Gasteiger partial charge >= 0.3 is 23.5 Å². The molecule has 5 atom stereocenters. The number of rotatable bonds is 7. The molecule has 1 rings (SSSR count). The zero-order chi connectivity index (χ0) is 18.1. The number of terminal acetylenes is 1. The fraction of sp³-hybridized carbons (Fsp3) is 0.778. The van der Waals surface area contributed by atoms with Crippen LogP contribution in [0, 0.1) is 23.7 Å². The fourth-order valence-corrected chi connectivity index (χ4v) is 5.39. The number of phosphoric ester groups is 1. The van der Waals surface area contributed by atoms with Crippen LogP contribution in [0.25, 0.3) is 0 Å². The highest BCUT2D eigenvalue weighted by molar-refractivity contribution is 7.66. The van der Waals surface area contributed by atoms with Crippen molar-refractivity contribution in [3.05, 3.63) is 0 Å². The van der Waals surface area contributed by atoms with E-state index in [-0.39, 0.29) is 12.3 Å². The van der Waals surface area contributed by atoms with Crippen LogP contribution < -0.4 is 0 Å². The summed E-state index contributed by atoms with van der Waals surface area (Å²) in [5, 5.41) is 9.93. The van der Waals surface area contributed by atoms with Crippen LogP contribution in [0.1, 0.15) is 19.8 Å². The molecule has 134 valence electrons. The van der Waals surface area contributed by atoms with Gasteiger partial charge in [0.25, 0.3) is 0 Å². The molecule has 0 amide bonds. The average molecular weight is 394 g/mol. The van der Waals surface area contributed by atoms with Gasteiger partial charge < -0.3 is 24.7 Å². The maximum absolute atomic E-state index is 11.6. The Labute approximate surface area is 132 Å². The predicted octanol–water partition coefficient (Wildman–Crippen LogP) is 0.740. The first-order chi connectivity index (χ1) is 10.2. The van der Waals surface area contributed by atoms with Crippen molar-refractivity contribution in [2.24, 2.45) is 11.3 Å². The topological polar surface area (TPSA) is 180 Å². The van der Waals surface area contributed by atoms with Gasteiger partial charge in [-0.3, -0.25) is 4.52 Å². The second-order valence-electron chi connectivity index (χ2n) is 5.23. The molecule has 0 heterocycles. The van der Waals surface area contributed by atoms with Crippen LogP contribution in [0.15, 0.2) is 0 Å². The molecule has 14 heteroatoms. The molecule has 2 unspecified atom stereocenters. The molecule has 23 heavy (non-hydrogen) atoms. The lowest BCUT2D eigenvalue weighted by Gasteiger charge is -2.27. The summed E-state index contributed by atoms with van der Waals surface area (Å²) in [5.74, 6) is 2.30. The van der Waals surface area contributed by atoms with E-state index in [1.54, 1.807) is 6.92 Å². The maximum atomic E-state index is 11.6. The van der Waals surface area contributed by atoms with Crippen LogP contribution in [0.2, 0.25) is 0 Å². The maximum Gasteiger partial charge on any atom is 0.490 e. The van der Waals surface area contributed by atoms with Gasteiger partial charge in [-0.2, -0.15) is 8.62 Å². The smallest absolute Gasteiger partial charge is 0.391 e. The molecule has 0 saturated heterocycles. The first kappa shape index (κ1) is 21.0. The third-order valence-corrected chi connectivity index (χ3v) is 6.95. The Morgan fingerprint density at radius 1 is 1.17 bits per heavy atom. The van der Waals surface area contributed by atoms with Crippen molar-refractivity contribution in [1.29, 1.82) is 0 Å². The van der Waals surface area contributed by atoms with E-state index in [9.17, 15) is 23.7 Å². The standard InChI is InChI=1S/C9H17O11P3/c1-3-9(5-7(2)4-8(9)10)6-18-22(14,15)20-23(16,17)19-21(11,12)13/h1,7-8,10H,4-6H2,2H3,(H,14,15)(H,16,17)(H2,11,12,13)/t7-,8-,9+/m0/s1. The minimum atomic E-state index is -5.57. The van der Waals surface area contributed by atoms with Crippen LogP contribution in [0.5, 0.6) is 0 Å². The van der Waals surface area contributed by atoms with E-state index in [1.807, 2.05) is 0 Å². The summed E-state index contributed by atoms with van der Waals surface area (Å²) in [4.78, 5) is 35.2. The van der Waals surface area contributed by atoms with Gasteiger partial charge in [0.15, 0.2) is 0 Å². The number of aliphatic hydroxyl groups excluding tert-OH is 1. The van der Waals surface area contributed by atoms with Crippen molar-refractivity contribution in [2.75, 3.05) is 6.61 Å². The Balaban J connectivity index is 2.76. The third kappa shape index (κ3) is 6.39. The van der Waals surface area contributed by atoms with Gasteiger partial charge in [-0.15, -0.1) is 6.42 Å². The molecule has 0 aromatic carbocycles. The average Bonchev–Trinajstić information content (AvgIpc) is 2.57. The SMILES string of the molecule is C#C[C@]1(COP(=O)(O)OP(=O)(O)OP(=O)(O)O)C[C@@H](C)C[C@@H]1O. The first-order valence-corrected chi connectivity index (χ1v) is 10.7. The number of phosphoric acid groups is 3. The Morgan fingerprint density at radius 3 is 2.13 bits per heavy atom. The Kier molecular flexibility index (Phi) is 6.42. The number of aliphatic hydroxyl groups is 1. The second kappa shape index (κ2) is 7.04. The molecule has 1 aliphatic carbocycles. The molecular formula is C9H17O11P3. The van der Waals surface area contributed by atoms with Crippen molar-refractivity contribution in [3.63, 3.8) is 0 Å². The molecule has 0 radical (unpaired) electrons. The van der Waals surface area contributed by atoms with Crippen molar-refractivity contribution in [2.45, 2.75) is 25.9 Å². The van der Waals surface area contributed by atoms with Gasteiger partial charge in [-0.1, -0.05) is 12.8 Å². The summed E-state index contributed by atoms with van der Waals surface area (Å²) < 4.78 is 44.9.